The van der Waals surface area contributed by atoms with Gasteiger partial charge in [0, 0.05) is 19.7 Å². The van der Waals surface area contributed by atoms with Crippen LogP contribution in [0.3, 0.4) is 0 Å². The average molecular weight is 205 g/mol. The molecule has 15 heavy (non-hydrogen) atoms. The molecule has 80 valence electrons. The second-order valence-electron chi connectivity index (χ2n) is 4.31. The highest BCUT2D eigenvalue weighted by Gasteiger charge is 2.41. The molecule has 0 spiro atoms. The molecule has 0 atom stereocenters. The molecule has 0 radical (unpaired) electrons. The normalized spacial score (nSPS) is 17.3. The van der Waals surface area contributed by atoms with Crippen LogP contribution in [0, 0.1) is 0 Å². The quantitative estimate of drug-likeness (QED) is 0.792. The number of carbonyl (C=O) groups is 1. The van der Waals surface area contributed by atoms with E-state index in [0.29, 0.717) is 5.56 Å². The number of hydrogen-bond acceptors (Lipinski definition) is 2. The molecule has 1 saturated carbocycles. The maximum atomic E-state index is 11.6. The fraction of sp³-hybridized carbons (Fsp3) is 0.417. The third kappa shape index (κ3) is 1.88. The monoisotopic (exact) mass is 205 g/mol. The number of nitrogens with zero attached hydrogens (tertiary/aromatic N) is 1. The lowest BCUT2D eigenvalue weighted by Gasteiger charge is -2.12. The molecule has 0 unspecified atom stereocenters. The number of amides is 1. The minimum atomic E-state index is -0.611. The minimum absolute atomic E-state index is 0.00987. The molecule has 1 amide bonds. The summed E-state index contributed by atoms with van der Waals surface area (Å²) in [4.78, 5) is 13.1. The molecule has 0 aromatic heterocycles. The molecular formula is C12H15NO2. The fourth-order valence-electron chi connectivity index (χ4n) is 1.59. The third-order valence-corrected chi connectivity index (χ3v) is 2.80. The van der Waals surface area contributed by atoms with E-state index in [4.69, 9.17) is 0 Å². The number of benzene rings is 1. The van der Waals surface area contributed by atoms with Crippen molar-refractivity contribution >= 4 is 5.91 Å². The zero-order chi connectivity index (χ0) is 11.1. The van der Waals surface area contributed by atoms with Gasteiger partial charge in [-0.3, -0.25) is 4.79 Å². The van der Waals surface area contributed by atoms with Crippen molar-refractivity contribution in [3.63, 3.8) is 0 Å². The summed E-state index contributed by atoms with van der Waals surface area (Å²) < 4.78 is 0. The largest absolute Gasteiger partial charge is 0.385 e. The van der Waals surface area contributed by atoms with E-state index in [0.717, 1.165) is 18.4 Å². The molecule has 1 N–H and O–H groups in total. The van der Waals surface area contributed by atoms with Gasteiger partial charge in [-0.2, -0.15) is 0 Å². The van der Waals surface area contributed by atoms with Gasteiger partial charge in [0.2, 0.25) is 0 Å². The van der Waals surface area contributed by atoms with Crippen LogP contribution >= 0.6 is 0 Å². The predicted molar refractivity (Wildman–Crippen MR) is 57.6 cm³/mol. The Morgan fingerprint density at radius 2 is 1.80 bits per heavy atom. The van der Waals surface area contributed by atoms with Gasteiger partial charge in [0.1, 0.15) is 0 Å². The maximum absolute atomic E-state index is 11.6. The van der Waals surface area contributed by atoms with Crippen LogP contribution in [0.2, 0.25) is 0 Å². The second kappa shape index (κ2) is 3.35. The first-order chi connectivity index (χ1) is 7.03. The van der Waals surface area contributed by atoms with Crippen molar-refractivity contribution in [2.24, 2.45) is 0 Å². The molecule has 3 heteroatoms. The zero-order valence-corrected chi connectivity index (χ0v) is 9.03. The Labute approximate surface area is 89.3 Å². The van der Waals surface area contributed by atoms with Gasteiger partial charge in [-0.15, -0.1) is 0 Å². The van der Waals surface area contributed by atoms with Crippen LogP contribution in [0.4, 0.5) is 0 Å². The number of carbonyl (C=O) groups excluding carboxylic acids is 1. The van der Waals surface area contributed by atoms with E-state index in [1.54, 1.807) is 31.1 Å². The Hall–Kier alpha value is -1.35. The number of rotatable bonds is 2. The van der Waals surface area contributed by atoms with Gasteiger partial charge in [-0.1, -0.05) is 12.1 Å². The molecule has 3 nitrogen and oxygen atoms in total. The summed E-state index contributed by atoms with van der Waals surface area (Å²) in [5.41, 5.74) is 0.963. The van der Waals surface area contributed by atoms with Crippen molar-refractivity contribution in [2.45, 2.75) is 18.4 Å². The van der Waals surface area contributed by atoms with Crippen LogP contribution in [0.1, 0.15) is 28.8 Å². The number of aliphatic hydroxyl groups is 1. The van der Waals surface area contributed by atoms with Crippen LogP contribution < -0.4 is 0 Å². The lowest BCUT2D eigenvalue weighted by Crippen LogP contribution is -2.21. The summed E-state index contributed by atoms with van der Waals surface area (Å²) >= 11 is 0. The van der Waals surface area contributed by atoms with Gasteiger partial charge >= 0.3 is 0 Å². The Morgan fingerprint density at radius 1 is 1.27 bits per heavy atom. The summed E-state index contributed by atoms with van der Waals surface area (Å²) in [6.45, 7) is 0. The van der Waals surface area contributed by atoms with Gasteiger partial charge < -0.3 is 10.0 Å². The van der Waals surface area contributed by atoms with Crippen LogP contribution in [-0.2, 0) is 5.60 Å². The topological polar surface area (TPSA) is 40.5 Å². The number of hydrogen-bond donors (Lipinski definition) is 1. The molecule has 1 aliphatic rings. The summed E-state index contributed by atoms with van der Waals surface area (Å²) in [6, 6.07) is 7.22. The van der Waals surface area contributed by atoms with E-state index in [1.165, 1.54) is 0 Å². The highest BCUT2D eigenvalue weighted by molar-refractivity contribution is 5.93. The van der Waals surface area contributed by atoms with Crippen LogP contribution in [0.5, 0.6) is 0 Å². The molecule has 0 bridgehead atoms. The molecule has 1 aromatic carbocycles. The molecule has 2 rings (SSSR count). The van der Waals surface area contributed by atoms with E-state index < -0.39 is 5.60 Å². The fourth-order valence-corrected chi connectivity index (χ4v) is 1.59. The Kier molecular flexibility index (Phi) is 2.27. The second-order valence-corrected chi connectivity index (χ2v) is 4.31. The molecule has 0 aliphatic heterocycles. The van der Waals surface area contributed by atoms with Crippen LogP contribution in [0.15, 0.2) is 24.3 Å². The van der Waals surface area contributed by atoms with Crippen molar-refractivity contribution in [2.75, 3.05) is 14.1 Å². The van der Waals surface area contributed by atoms with Gasteiger partial charge in [-0.05, 0) is 30.5 Å². The lowest BCUT2D eigenvalue weighted by molar-refractivity contribution is 0.0827. The standard InChI is InChI=1S/C12H15NO2/c1-13(2)11(14)9-3-5-10(6-4-9)12(15)7-8-12/h3-6,15H,7-8H2,1-2H3. The van der Waals surface area contributed by atoms with Gasteiger partial charge in [-0.25, -0.2) is 0 Å². The molecule has 1 aliphatic carbocycles. The van der Waals surface area contributed by atoms with Crippen LogP contribution in [0.25, 0.3) is 0 Å². The minimum Gasteiger partial charge on any atom is -0.385 e. The molecule has 0 saturated heterocycles. The van der Waals surface area contributed by atoms with Crippen molar-refractivity contribution in [3.05, 3.63) is 35.4 Å². The third-order valence-electron chi connectivity index (χ3n) is 2.80. The average Bonchev–Trinajstić information content (AvgIpc) is 2.97. The predicted octanol–water partition coefficient (Wildman–Crippen LogP) is 1.37. The van der Waals surface area contributed by atoms with E-state index in [9.17, 15) is 9.90 Å². The van der Waals surface area contributed by atoms with Gasteiger partial charge in [0.15, 0.2) is 0 Å². The van der Waals surface area contributed by atoms with Crippen molar-refractivity contribution in [3.8, 4) is 0 Å². The maximum Gasteiger partial charge on any atom is 0.253 e. The summed E-state index contributed by atoms with van der Waals surface area (Å²) in [6.07, 6.45) is 1.65. The highest BCUT2D eigenvalue weighted by Crippen LogP contribution is 2.45. The molecule has 0 heterocycles. The lowest BCUT2D eigenvalue weighted by atomic mass is 10.1. The Morgan fingerprint density at radius 3 is 2.20 bits per heavy atom. The molecular weight excluding hydrogens is 190 g/mol. The Bertz CT molecular complexity index is 377. The van der Waals surface area contributed by atoms with Crippen LogP contribution in [-0.4, -0.2) is 30.0 Å². The van der Waals surface area contributed by atoms with E-state index >= 15 is 0 Å². The summed E-state index contributed by atoms with van der Waals surface area (Å²) in [7, 11) is 3.45. The van der Waals surface area contributed by atoms with Crippen molar-refractivity contribution in [1.29, 1.82) is 0 Å². The first-order valence-electron chi connectivity index (χ1n) is 5.07. The van der Waals surface area contributed by atoms with Gasteiger partial charge in [0.05, 0.1) is 5.60 Å². The van der Waals surface area contributed by atoms with E-state index in [2.05, 4.69) is 0 Å². The first kappa shape index (κ1) is 10.2. The van der Waals surface area contributed by atoms with E-state index in [1.807, 2.05) is 12.1 Å². The highest BCUT2D eigenvalue weighted by atomic mass is 16.3. The SMILES string of the molecule is CN(C)C(=O)c1ccc(C2(O)CC2)cc1. The summed E-state index contributed by atoms with van der Waals surface area (Å²) in [5, 5.41) is 9.84. The van der Waals surface area contributed by atoms with Crippen molar-refractivity contribution in [1.82, 2.24) is 4.90 Å². The smallest absolute Gasteiger partial charge is 0.253 e. The van der Waals surface area contributed by atoms with E-state index in [-0.39, 0.29) is 5.91 Å². The van der Waals surface area contributed by atoms with Gasteiger partial charge in [0.25, 0.3) is 5.91 Å². The summed E-state index contributed by atoms with van der Waals surface area (Å²) in [5.74, 6) is -0.00987. The Balaban J connectivity index is 2.21. The molecule has 1 fully saturated rings. The zero-order valence-electron chi connectivity index (χ0n) is 9.03. The molecule has 1 aromatic rings. The van der Waals surface area contributed by atoms with Crippen molar-refractivity contribution < 1.29 is 9.90 Å². The first-order valence-corrected chi connectivity index (χ1v) is 5.07.